The summed E-state index contributed by atoms with van der Waals surface area (Å²) in [5, 5.41) is 0.675. The summed E-state index contributed by atoms with van der Waals surface area (Å²) in [4.78, 5) is 26.7. The van der Waals surface area contributed by atoms with Crippen LogP contribution in [0.4, 0.5) is 0 Å². The number of rotatable bonds is 2. The molecule has 106 valence electrons. The molecule has 0 bridgehead atoms. The molecule has 4 nitrogen and oxygen atoms in total. The van der Waals surface area contributed by atoms with Gasteiger partial charge < -0.3 is 9.80 Å². The van der Waals surface area contributed by atoms with Crippen molar-refractivity contribution in [1.29, 1.82) is 0 Å². The molecule has 0 aromatic heterocycles. The van der Waals surface area contributed by atoms with E-state index in [1.165, 1.54) is 0 Å². The van der Waals surface area contributed by atoms with Gasteiger partial charge in [-0.05, 0) is 23.8 Å². The Morgan fingerprint density at radius 3 is 2.15 bits per heavy atom. The van der Waals surface area contributed by atoms with Gasteiger partial charge >= 0.3 is 0 Å². The maximum absolute atomic E-state index is 12.0. The topological polar surface area (TPSA) is 40.6 Å². The molecule has 1 aromatic rings. The summed E-state index contributed by atoms with van der Waals surface area (Å²) in [6.07, 6.45) is 3.34. The van der Waals surface area contributed by atoms with Crippen molar-refractivity contribution in [2.75, 3.05) is 26.2 Å². The number of amides is 2. The molecular formula is C15H17ClN2O2. The van der Waals surface area contributed by atoms with Crippen LogP contribution in [0.1, 0.15) is 12.5 Å². The molecule has 2 amide bonds. The second-order valence-electron chi connectivity index (χ2n) is 4.72. The molecule has 1 aromatic carbocycles. The minimum Gasteiger partial charge on any atom is -0.339 e. The van der Waals surface area contributed by atoms with Crippen LogP contribution in [0.15, 0.2) is 30.3 Å². The monoisotopic (exact) mass is 292 g/mol. The lowest BCUT2D eigenvalue weighted by atomic mass is 10.2. The van der Waals surface area contributed by atoms with E-state index < -0.39 is 0 Å². The number of carbonyl (C=O) groups is 2. The molecule has 0 radical (unpaired) electrons. The molecule has 1 fully saturated rings. The first-order chi connectivity index (χ1) is 9.56. The third kappa shape index (κ3) is 3.84. The molecule has 0 N–H and O–H groups in total. The fraction of sp³-hybridized carbons (Fsp3) is 0.333. The molecule has 1 aliphatic rings. The molecule has 0 unspecified atom stereocenters. The van der Waals surface area contributed by atoms with E-state index in [1.807, 2.05) is 12.1 Å². The number of halogens is 1. The van der Waals surface area contributed by atoms with Crippen LogP contribution in [-0.2, 0) is 9.59 Å². The zero-order chi connectivity index (χ0) is 14.5. The molecule has 0 saturated carbocycles. The Labute approximate surface area is 123 Å². The van der Waals surface area contributed by atoms with Gasteiger partial charge in [-0.15, -0.1) is 0 Å². The fourth-order valence-electron chi connectivity index (χ4n) is 2.09. The SMILES string of the molecule is CC(=O)N1CCN(C(=O)/C=C/c2ccc(Cl)cc2)CC1. The van der Waals surface area contributed by atoms with E-state index in [0.29, 0.717) is 31.2 Å². The summed E-state index contributed by atoms with van der Waals surface area (Å²) in [5.74, 6) is 0.0388. The summed E-state index contributed by atoms with van der Waals surface area (Å²) in [5.41, 5.74) is 0.935. The Morgan fingerprint density at radius 2 is 1.60 bits per heavy atom. The van der Waals surface area contributed by atoms with E-state index >= 15 is 0 Å². The molecule has 0 atom stereocenters. The molecule has 2 rings (SSSR count). The molecule has 1 heterocycles. The first kappa shape index (κ1) is 14.6. The first-order valence-electron chi connectivity index (χ1n) is 6.54. The van der Waals surface area contributed by atoms with Crippen LogP contribution in [0.2, 0.25) is 5.02 Å². The highest BCUT2D eigenvalue weighted by molar-refractivity contribution is 6.30. The molecule has 1 saturated heterocycles. The third-order valence-electron chi connectivity index (χ3n) is 3.33. The van der Waals surface area contributed by atoms with E-state index in [-0.39, 0.29) is 11.8 Å². The van der Waals surface area contributed by atoms with Gasteiger partial charge in [-0.3, -0.25) is 9.59 Å². The maximum atomic E-state index is 12.0. The van der Waals surface area contributed by atoms with Crippen molar-refractivity contribution in [3.8, 4) is 0 Å². The fourth-order valence-corrected chi connectivity index (χ4v) is 2.21. The third-order valence-corrected chi connectivity index (χ3v) is 3.58. The maximum Gasteiger partial charge on any atom is 0.246 e. The van der Waals surface area contributed by atoms with Gasteiger partial charge in [-0.25, -0.2) is 0 Å². The minimum absolute atomic E-state index is 0.0249. The predicted molar refractivity (Wildman–Crippen MR) is 79.3 cm³/mol. The number of hydrogen-bond acceptors (Lipinski definition) is 2. The Balaban J connectivity index is 1.89. The van der Waals surface area contributed by atoms with Crippen LogP contribution >= 0.6 is 11.6 Å². The Morgan fingerprint density at radius 1 is 1.05 bits per heavy atom. The van der Waals surface area contributed by atoms with Crippen molar-refractivity contribution in [3.63, 3.8) is 0 Å². The minimum atomic E-state index is -0.0249. The highest BCUT2D eigenvalue weighted by Crippen LogP contribution is 2.11. The summed E-state index contributed by atoms with van der Waals surface area (Å²) < 4.78 is 0. The normalized spacial score (nSPS) is 15.7. The number of piperazine rings is 1. The molecule has 0 spiro atoms. The summed E-state index contributed by atoms with van der Waals surface area (Å²) in [6, 6.07) is 7.30. The van der Waals surface area contributed by atoms with Gasteiger partial charge in [0.05, 0.1) is 0 Å². The quantitative estimate of drug-likeness (QED) is 0.783. The van der Waals surface area contributed by atoms with Crippen molar-refractivity contribution in [2.24, 2.45) is 0 Å². The average molecular weight is 293 g/mol. The molecule has 20 heavy (non-hydrogen) atoms. The Kier molecular flexibility index (Phi) is 4.79. The number of hydrogen-bond donors (Lipinski definition) is 0. The standard InChI is InChI=1S/C15H17ClN2O2/c1-12(19)17-8-10-18(11-9-17)15(20)7-4-13-2-5-14(16)6-3-13/h2-7H,8-11H2,1H3/b7-4+. The van der Waals surface area contributed by atoms with Gasteiger partial charge in [0.1, 0.15) is 0 Å². The van der Waals surface area contributed by atoms with E-state index in [0.717, 1.165) is 5.56 Å². The lowest BCUT2D eigenvalue weighted by Gasteiger charge is -2.33. The zero-order valence-corrected chi connectivity index (χ0v) is 12.1. The summed E-state index contributed by atoms with van der Waals surface area (Å²) >= 11 is 5.80. The van der Waals surface area contributed by atoms with Crippen molar-refractivity contribution < 1.29 is 9.59 Å². The largest absolute Gasteiger partial charge is 0.339 e. The Bertz CT molecular complexity index is 517. The van der Waals surface area contributed by atoms with Crippen LogP contribution in [-0.4, -0.2) is 47.8 Å². The van der Waals surface area contributed by atoms with Crippen molar-refractivity contribution in [2.45, 2.75) is 6.92 Å². The highest BCUT2D eigenvalue weighted by atomic mass is 35.5. The second kappa shape index (κ2) is 6.57. The molecule has 1 aliphatic heterocycles. The van der Waals surface area contributed by atoms with Gasteiger partial charge in [-0.2, -0.15) is 0 Å². The highest BCUT2D eigenvalue weighted by Gasteiger charge is 2.20. The van der Waals surface area contributed by atoms with Crippen LogP contribution in [0.3, 0.4) is 0 Å². The molecular weight excluding hydrogens is 276 g/mol. The van der Waals surface area contributed by atoms with Gasteiger partial charge in [0.25, 0.3) is 0 Å². The number of benzene rings is 1. The van der Waals surface area contributed by atoms with Gasteiger partial charge in [0.15, 0.2) is 0 Å². The predicted octanol–water partition coefficient (Wildman–Crippen LogP) is 2.04. The molecule has 0 aliphatic carbocycles. The van der Waals surface area contributed by atoms with Crippen molar-refractivity contribution in [3.05, 3.63) is 40.9 Å². The summed E-state index contributed by atoms with van der Waals surface area (Å²) in [6.45, 7) is 3.94. The van der Waals surface area contributed by atoms with Gasteiger partial charge in [0.2, 0.25) is 11.8 Å². The van der Waals surface area contributed by atoms with Crippen LogP contribution in [0, 0.1) is 0 Å². The van der Waals surface area contributed by atoms with Crippen LogP contribution in [0.25, 0.3) is 6.08 Å². The smallest absolute Gasteiger partial charge is 0.246 e. The van der Waals surface area contributed by atoms with E-state index in [9.17, 15) is 9.59 Å². The van der Waals surface area contributed by atoms with Crippen LogP contribution in [0.5, 0.6) is 0 Å². The van der Waals surface area contributed by atoms with E-state index in [4.69, 9.17) is 11.6 Å². The zero-order valence-electron chi connectivity index (χ0n) is 11.4. The van der Waals surface area contributed by atoms with Gasteiger partial charge in [-0.1, -0.05) is 23.7 Å². The lowest BCUT2D eigenvalue weighted by Crippen LogP contribution is -2.49. The van der Waals surface area contributed by atoms with Gasteiger partial charge in [0, 0.05) is 44.2 Å². The first-order valence-corrected chi connectivity index (χ1v) is 6.92. The summed E-state index contributed by atoms with van der Waals surface area (Å²) in [7, 11) is 0. The van der Waals surface area contributed by atoms with E-state index in [1.54, 1.807) is 41.0 Å². The number of carbonyl (C=O) groups excluding carboxylic acids is 2. The van der Waals surface area contributed by atoms with Crippen LogP contribution < -0.4 is 0 Å². The number of nitrogens with zero attached hydrogens (tertiary/aromatic N) is 2. The average Bonchev–Trinajstić information content (AvgIpc) is 2.46. The van der Waals surface area contributed by atoms with Crippen molar-refractivity contribution in [1.82, 2.24) is 9.80 Å². The lowest BCUT2D eigenvalue weighted by molar-refractivity contribution is -0.135. The Hall–Kier alpha value is -1.81. The molecule has 5 heteroatoms. The van der Waals surface area contributed by atoms with E-state index in [2.05, 4.69) is 0 Å². The van der Waals surface area contributed by atoms with Crippen molar-refractivity contribution >= 4 is 29.5 Å². The second-order valence-corrected chi connectivity index (χ2v) is 5.15.